The van der Waals surface area contributed by atoms with Crippen LogP contribution in [0.5, 0.6) is 0 Å². The molecule has 1 aliphatic heterocycles. The highest BCUT2D eigenvalue weighted by atomic mass is 32.2. The smallest absolute Gasteiger partial charge is 0.235 e. The molecule has 1 amide bonds. The highest BCUT2D eigenvalue weighted by molar-refractivity contribution is 8.00. The van der Waals surface area contributed by atoms with E-state index in [0.717, 1.165) is 11.3 Å². The van der Waals surface area contributed by atoms with Crippen molar-refractivity contribution in [2.45, 2.75) is 18.9 Å². The summed E-state index contributed by atoms with van der Waals surface area (Å²) in [6.45, 7) is 6.11. The molecule has 2 aromatic rings. The van der Waals surface area contributed by atoms with E-state index < -0.39 is 0 Å². The Labute approximate surface area is 172 Å². The first kappa shape index (κ1) is 20.5. The first-order chi connectivity index (χ1) is 14.0. The lowest BCUT2D eigenvalue weighted by atomic mass is 10.1. The van der Waals surface area contributed by atoms with Gasteiger partial charge in [0, 0.05) is 18.8 Å². The van der Waals surface area contributed by atoms with E-state index in [4.69, 9.17) is 4.74 Å². The molecule has 0 bridgehead atoms. The molecule has 3 heterocycles. The minimum Gasteiger partial charge on any atom is -0.378 e. The molecule has 0 atom stereocenters. The molecule has 1 fully saturated rings. The maximum Gasteiger partial charge on any atom is 0.235 e. The van der Waals surface area contributed by atoms with Gasteiger partial charge in [-0.1, -0.05) is 11.8 Å². The molecule has 29 heavy (non-hydrogen) atoms. The summed E-state index contributed by atoms with van der Waals surface area (Å²) in [6, 6.07) is 5.95. The Morgan fingerprint density at radius 3 is 2.72 bits per heavy atom. The molecule has 1 aliphatic rings. The van der Waals surface area contributed by atoms with E-state index in [1.54, 1.807) is 0 Å². The number of rotatable bonds is 5. The highest BCUT2D eigenvalue weighted by Crippen LogP contribution is 2.24. The van der Waals surface area contributed by atoms with Gasteiger partial charge < -0.3 is 15.0 Å². The minimum absolute atomic E-state index is 0.0341. The van der Waals surface area contributed by atoms with Crippen molar-refractivity contribution < 1.29 is 9.53 Å². The molecule has 3 rings (SSSR count). The average Bonchev–Trinajstić information content (AvgIpc) is 2.72. The van der Waals surface area contributed by atoms with Crippen LogP contribution in [-0.2, 0) is 9.53 Å². The van der Waals surface area contributed by atoms with Crippen LogP contribution < -0.4 is 10.2 Å². The topological polar surface area (TPSA) is 128 Å². The third kappa shape index (κ3) is 4.99. The van der Waals surface area contributed by atoms with Crippen molar-refractivity contribution in [3.05, 3.63) is 34.6 Å². The number of nitrogens with one attached hydrogen (secondary N) is 1. The van der Waals surface area contributed by atoms with Crippen molar-refractivity contribution in [3.63, 3.8) is 0 Å². The van der Waals surface area contributed by atoms with Gasteiger partial charge in [-0.15, -0.1) is 0 Å². The number of ether oxygens (including phenoxy) is 1. The molecule has 1 saturated heterocycles. The van der Waals surface area contributed by atoms with Gasteiger partial charge in [0.05, 0.1) is 30.7 Å². The lowest BCUT2D eigenvalue weighted by Crippen LogP contribution is -2.37. The number of aryl methyl sites for hydroxylation is 2. The molecular formula is C19H19N7O2S. The zero-order chi connectivity index (χ0) is 20.8. The molecule has 0 radical (unpaired) electrons. The molecule has 10 heteroatoms. The number of nitriles is 2. The van der Waals surface area contributed by atoms with Crippen LogP contribution in [0, 0.1) is 36.5 Å². The molecule has 0 saturated carbocycles. The summed E-state index contributed by atoms with van der Waals surface area (Å²) in [5.74, 6) is 0.302. The number of hydrogen-bond donors (Lipinski definition) is 1. The molecule has 1 N–H and O–H groups in total. The van der Waals surface area contributed by atoms with Gasteiger partial charge in [0.1, 0.15) is 22.7 Å². The van der Waals surface area contributed by atoms with Crippen LogP contribution in [-0.4, -0.2) is 52.9 Å². The maximum absolute atomic E-state index is 12.5. The van der Waals surface area contributed by atoms with Crippen LogP contribution >= 0.6 is 11.8 Å². The largest absolute Gasteiger partial charge is 0.378 e. The van der Waals surface area contributed by atoms with Crippen molar-refractivity contribution >= 4 is 29.4 Å². The van der Waals surface area contributed by atoms with Crippen LogP contribution in [0.25, 0.3) is 0 Å². The first-order valence-corrected chi connectivity index (χ1v) is 9.91. The lowest BCUT2D eigenvalue weighted by molar-refractivity contribution is -0.113. The van der Waals surface area contributed by atoms with Crippen LogP contribution in [0.4, 0.5) is 11.8 Å². The van der Waals surface area contributed by atoms with Gasteiger partial charge in [0.25, 0.3) is 0 Å². The number of thioether (sulfide) groups is 1. The normalized spacial score (nSPS) is 13.4. The molecule has 2 aromatic heterocycles. The number of nitrogens with zero attached hydrogens (tertiary/aromatic N) is 6. The van der Waals surface area contributed by atoms with E-state index in [2.05, 4.69) is 26.3 Å². The molecule has 148 valence electrons. The first-order valence-electron chi connectivity index (χ1n) is 8.92. The third-order valence-corrected chi connectivity index (χ3v) is 5.19. The number of morpholine rings is 1. The number of carbonyl (C=O) groups is 1. The Hall–Kier alpha value is -3.21. The van der Waals surface area contributed by atoms with E-state index in [9.17, 15) is 15.3 Å². The third-order valence-electron chi connectivity index (χ3n) is 4.21. The van der Waals surface area contributed by atoms with Crippen LogP contribution in [0.2, 0.25) is 0 Å². The van der Waals surface area contributed by atoms with Gasteiger partial charge in [-0.3, -0.25) is 4.79 Å². The highest BCUT2D eigenvalue weighted by Gasteiger charge is 2.18. The molecular weight excluding hydrogens is 390 g/mol. The van der Waals surface area contributed by atoms with E-state index in [0.29, 0.717) is 42.8 Å². The van der Waals surface area contributed by atoms with Crippen molar-refractivity contribution in [1.82, 2.24) is 15.0 Å². The lowest BCUT2D eigenvalue weighted by Gasteiger charge is -2.26. The standard InChI is InChI=1S/C19H19N7O2S/c1-12-7-13(2)23-18(15(12)9-21)29-11-16(27)24-17-14(8-20)10-22-19(25-17)26-3-5-28-6-4-26/h7,10H,3-6,11H2,1-2H3,(H,22,24,25,27). The van der Waals surface area contributed by atoms with Crippen molar-refractivity contribution in [1.29, 1.82) is 10.5 Å². The second-order valence-corrected chi connectivity index (χ2v) is 7.32. The fourth-order valence-electron chi connectivity index (χ4n) is 2.81. The van der Waals surface area contributed by atoms with E-state index in [-0.39, 0.29) is 23.0 Å². The Balaban J connectivity index is 1.72. The molecule has 9 nitrogen and oxygen atoms in total. The summed E-state index contributed by atoms with van der Waals surface area (Å²) >= 11 is 1.17. The zero-order valence-electron chi connectivity index (χ0n) is 16.1. The SMILES string of the molecule is Cc1cc(C)c(C#N)c(SCC(=O)Nc2nc(N3CCOCC3)ncc2C#N)n1. The van der Waals surface area contributed by atoms with Gasteiger partial charge in [0.15, 0.2) is 5.82 Å². The minimum atomic E-state index is -0.344. The van der Waals surface area contributed by atoms with Crippen molar-refractivity contribution in [2.24, 2.45) is 0 Å². The van der Waals surface area contributed by atoms with E-state index in [1.807, 2.05) is 30.9 Å². The zero-order valence-corrected chi connectivity index (χ0v) is 16.9. The van der Waals surface area contributed by atoms with Gasteiger partial charge in [-0.2, -0.15) is 15.5 Å². The van der Waals surface area contributed by atoms with Gasteiger partial charge in [-0.05, 0) is 25.5 Å². The Morgan fingerprint density at radius 1 is 1.28 bits per heavy atom. The summed E-state index contributed by atoms with van der Waals surface area (Å²) < 4.78 is 5.32. The summed E-state index contributed by atoms with van der Waals surface area (Å²) in [7, 11) is 0. The van der Waals surface area contributed by atoms with E-state index in [1.165, 1.54) is 18.0 Å². The van der Waals surface area contributed by atoms with E-state index >= 15 is 0 Å². The summed E-state index contributed by atoms with van der Waals surface area (Å²) in [5, 5.41) is 21.8. The number of hydrogen-bond acceptors (Lipinski definition) is 9. The molecule has 0 aromatic carbocycles. The van der Waals surface area contributed by atoms with Crippen LogP contribution in [0.15, 0.2) is 17.3 Å². The monoisotopic (exact) mass is 409 g/mol. The summed E-state index contributed by atoms with van der Waals surface area (Å²) in [6.07, 6.45) is 1.40. The molecule has 0 spiro atoms. The fraction of sp³-hybridized carbons (Fsp3) is 0.368. The Kier molecular flexibility index (Phi) is 6.60. The summed E-state index contributed by atoms with van der Waals surface area (Å²) in [4.78, 5) is 27.3. The van der Waals surface area contributed by atoms with Gasteiger partial charge in [-0.25, -0.2) is 9.97 Å². The van der Waals surface area contributed by atoms with Crippen LogP contribution in [0.3, 0.4) is 0 Å². The second-order valence-electron chi connectivity index (χ2n) is 6.35. The number of carbonyl (C=O) groups excluding carboxylic acids is 1. The quantitative estimate of drug-likeness (QED) is 0.735. The van der Waals surface area contributed by atoms with Crippen molar-refractivity contribution in [3.8, 4) is 12.1 Å². The summed E-state index contributed by atoms with van der Waals surface area (Å²) in [5.41, 5.74) is 2.24. The predicted molar refractivity (Wildman–Crippen MR) is 108 cm³/mol. The fourth-order valence-corrected chi connectivity index (χ4v) is 3.71. The van der Waals surface area contributed by atoms with Crippen molar-refractivity contribution in [2.75, 3.05) is 42.3 Å². The number of pyridine rings is 1. The Morgan fingerprint density at radius 2 is 2.03 bits per heavy atom. The van der Waals surface area contributed by atoms with Gasteiger partial charge >= 0.3 is 0 Å². The van der Waals surface area contributed by atoms with Crippen LogP contribution in [0.1, 0.15) is 22.4 Å². The maximum atomic E-state index is 12.5. The number of anilines is 2. The predicted octanol–water partition coefficient (Wildman–Crippen LogP) is 1.80. The second kappa shape index (κ2) is 9.32. The average molecular weight is 409 g/mol. The molecule has 0 aliphatic carbocycles. The molecule has 0 unspecified atom stereocenters. The Bertz CT molecular complexity index is 1010. The number of amides is 1. The van der Waals surface area contributed by atoms with Gasteiger partial charge in [0.2, 0.25) is 11.9 Å². The number of aromatic nitrogens is 3.